The monoisotopic (exact) mass is 381 g/mol. The first-order chi connectivity index (χ1) is 13.6. The quantitative estimate of drug-likeness (QED) is 0.852. The molecule has 2 aliphatic rings. The van der Waals surface area contributed by atoms with Crippen LogP contribution in [0.15, 0.2) is 42.5 Å². The number of anilines is 2. The summed E-state index contributed by atoms with van der Waals surface area (Å²) in [5.41, 5.74) is 1.56. The molecule has 146 valence electrons. The van der Waals surface area contributed by atoms with Crippen LogP contribution in [0, 0.1) is 0 Å². The molecule has 2 heterocycles. The molecule has 28 heavy (non-hydrogen) atoms. The molecular formula is C21H23N3O4. The van der Waals surface area contributed by atoms with Gasteiger partial charge in [0.05, 0.1) is 24.8 Å². The molecule has 0 unspecified atom stereocenters. The van der Waals surface area contributed by atoms with Crippen molar-refractivity contribution in [2.24, 2.45) is 0 Å². The lowest BCUT2D eigenvalue weighted by Crippen LogP contribution is -2.40. The van der Waals surface area contributed by atoms with Crippen molar-refractivity contribution in [3.8, 4) is 11.5 Å². The van der Waals surface area contributed by atoms with Crippen molar-refractivity contribution >= 4 is 23.3 Å². The third-order valence-corrected chi connectivity index (χ3v) is 5.41. The predicted octanol–water partition coefficient (Wildman–Crippen LogP) is 3.22. The molecule has 0 aromatic heterocycles. The second kappa shape index (κ2) is 7.07. The molecule has 2 N–H and O–H groups in total. The molecule has 1 atom stereocenters. The van der Waals surface area contributed by atoms with Gasteiger partial charge in [0, 0.05) is 18.8 Å². The minimum atomic E-state index is -0.735. The summed E-state index contributed by atoms with van der Waals surface area (Å²) < 4.78 is 10.9. The number of likely N-dealkylation sites (tertiary alicyclic amines) is 1. The number of urea groups is 1. The lowest BCUT2D eigenvalue weighted by molar-refractivity contribution is -0.120. The van der Waals surface area contributed by atoms with Gasteiger partial charge in [-0.25, -0.2) is 4.79 Å². The molecule has 2 aromatic carbocycles. The van der Waals surface area contributed by atoms with Crippen LogP contribution in [0.5, 0.6) is 11.5 Å². The summed E-state index contributed by atoms with van der Waals surface area (Å²) in [5, 5.41) is 5.85. The molecule has 4 rings (SSSR count). The van der Waals surface area contributed by atoms with E-state index in [1.165, 1.54) is 0 Å². The van der Waals surface area contributed by atoms with E-state index in [0.29, 0.717) is 43.3 Å². The van der Waals surface area contributed by atoms with Crippen molar-refractivity contribution in [2.45, 2.75) is 18.8 Å². The zero-order valence-electron chi connectivity index (χ0n) is 16.0. The number of rotatable bonds is 4. The highest BCUT2D eigenvalue weighted by atomic mass is 16.5. The summed E-state index contributed by atoms with van der Waals surface area (Å²) >= 11 is 0. The predicted molar refractivity (Wildman–Crippen MR) is 106 cm³/mol. The maximum atomic E-state index is 12.9. The van der Waals surface area contributed by atoms with Gasteiger partial charge in [0.2, 0.25) is 5.91 Å². The van der Waals surface area contributed by atoms with Crippen LogP contribution in [0.4, 0.5) is 16.2 Å². The van der Waals surface area contributed by atoms with Gasteiger partial charge in [-0.15, -0.1) is 0 Å². The fourth-order valence-electron chi connectivity index (χ4n) is 3.95. The van der Waals surface area contributed by atoms with Crippen LogP contribution in [0.3, 0.4) is 0 Å². The summed E-state index contributed by atoms with van der Waals surface area (Å²) in [5.74, 6) is 1.25. The number of benzene rings is 2. The summed E-state index contributed by atoms with van der Waals surface area (Å²) in [6, 6.07) is 12.6. The summed E-state index contributed by atoms with van der Waals surface area (Å²) in [6.07, 6.45) is 0.569. The highest BCUT2D eigenvalue weighted by Gasteiger charge is 2.52. The maximum Gasteiger partial charge on any atom is 0.321 e. The first-order valence-electron chi connectivity index (χ1n) is 9.35. The fraction of sp³-hybridized carbons (Fsp3) is 0.333. The van der Waals surface area contributed by atoms with E-state index in [0.717, 1.165) is 11.3 Å². The van der Waals surface area contributed by atoms with E-state index >= 15 is 0 Å². The van der Waals surface area contributed by atoms with Crippen LogP contribution < -0.4 is 20.1 Å². The number of nitrogens with one attached hydrogen (secondary N) is 2. The van der Waals surface area contributed by atoms with Crippen LogP contribution in [0.25, 0.3) is 0 Å². The number of hydrogen-bond donors (Lipinski definition) is 2. The SMILES string of the molecule is CCOc1ccccc1NC(=O)N1CC[C@]2(C1)C(=O)Nc1ccc(OC)cc12. The van der Waals surface area contributed by atoms with Crippen LogP contribution >= 0.6 is 0 Å². The first-order valence-corrected chi connectivity index (χ1v) is 9.35. The molecule has 0 aliphatic carbocycles. The van der Waals surface area contributed by atoms with E-state index in [1.807, 2.05) is 43.3 Å². The standard InChI is InChI=1S/C21H23N3O4/c1-3-28-18-7-5-4-6-17(18)23-20(26)24-11-10-21(13-24)15-12-14(27-2)8-9-16(15)22-19(21)25/h4-9,12H,3,10-11,13H2,1-2H3,(H,22,25)(H,23,26)/t21-/m1/s1. The normalized spacial score (nSPS) is 20.1. The van der Waals surface area contributed by atoms with Crippen LogP contribution in [-0.2, 0) is 10.2 Å². The first kappa shape index (κ1) is 18.2. The van der Waals surface area contributed by atoms with Gasteiger partial charge >= 0.3 is 6.03 Å². The van der Waals surface area contributed by atoms with E-state index in [-0.39, 0.29) is 11.9 Å². The van der Waals surface area contributed by atoms with E-state index in [9.17, 15) is 9.59 Å². The molecule has 7 nitrogen and oxygen atoms in total. The highest BCUT2D eigenvalue weighted by Crippen LogP contribution is 2.45. The average Bonchev–Trinajstić information content (AvgIpc) is 3.27. The van der Waals surface area contributed by atoms with E-state index in [2.05, 4.69) is 10.6 Å². The van der Waals surface area contributed by atoms with E-state index in [4.69, 9.17) is 9.47 Å². The number of para-hydroxylation sites is 2. The molecule has 0 radical (unpaired) electrons. The highest BCUT2D eigenvalue weighted by molar-refractivity contribution is 6.07. The Kier molecular flexibility index (Phi) is 4.58. The smallest absolute Gasteiger partial charge is 0.321 e. The fourth-order valence-corrected chi connectivity index (χ4v) is 3.95. The molecule has 1 fully saturated rings. The van der Waals surface area contributed by atoms with Crippen LogP contribution in [-0.4, -0.2) is 43.6 Å². The number of ether oxygens (including phenoxy) is 2. The van der Waals surface area contributed by atoms with Crippen molar-refractivity contribution in [1.82, 2.24) is 4.90 Å². The second-order valence-corrected chi connectivity index (χ2v) is 6.98. The van der Waals surface area contributed by atoms with Gasteiger partial charge in [-0.1, -0.05) is 12.1 Å². The minimum absolute atomic E-state index is 0.0687. The molecule has 3 amide bonds. The Labute approximate surface area is 163 Å². The van der Waals surface area contributed by atoms with Crippen molar-refractivity contribution in [3.63, 3.8) is 0 Å². The zero-order valence-corrected chi connectivity index (χ0v) is 16.0. The number of carbonyl (C=O) groups excluding carboxylic acids is 2. The van der Waals surface area contributed by atoms with Gasteiger partial charge < -0.3 is 25.0 Å². The van der Waals surface area contributed by atoms with Gasteiger partial charge in [-0.05, 0) is 49.2 Å². The largest absolute Gasteiger partial charge is 0.497 e. The Bertz CT molecular complexity index is 930. The van der Waals surface area contributed by atoms with Crippen molar-refractivity contribution in [3.05, 3.63) is 48.0 Å². The number of methoxy groups -OCH3 is 1. The minimum Gasteiger partial charge on any atom is -0.497 e. The zero-order chi connectivity index (χ0) is 19.7. The Morgan fingerprint density at radius 2 is 2.11 bits per heavy atom. The van der Waals surface area contributed by atoms with Crippen LogP contribution in [0.2, 0.25) is 0 Å². The second-order valence-electron chi connectivity index (χ2n) is 6.98. The Hall–Kier alpha value is -3.22. The van der Waals surface area contributed by atoms with Gasteiger partial charge in [0.15, 0.2) is 0 Å². The molecular weight excluding hydrogens is 358 g/mol. The summed E-state index contributed by atoms with van der Waals surface area (Å²) in [4.78, 5) is 27.3. The molecule has 2 aliphatic heterocycles. The van der Waals surface area contributed by atoms with E-state index in [1.54, 1.807) is 18.1 Å². The molecule has 7 heteroatoms. The Morgan fingerprint density at radius 3 is 2.89 bits per heavy atom. The molecule has 2 aromatic rings. The number of nitrogens with zero attached hydrogens (tertiary/aromatic N) is 1. The van der Waals surface area contributed by atoms with Gasteiger partial charge in [0.25, 0.3) is 0 Å². The summed E-state index contributed by atoms with van der Waals surface area (Å²) in [7, 11) is 1.60. The van der Waals surface area contributed by atoms with Gasteiger partial charge in [0.1, 0.15) is 11.5 Å². The van der Waals surface area contributed by atoms with Crippen molar-refractivity contribution in [2.75, 3.05) is 37.4 Å². The Morgan fingerprint density at radius 1 is 1.29 bits per heavy atom. The number of carbonyl (C=O) groups is 2. The third-order valence-electron chi connectivity index (χ3n) is 5.41. The van der Waals surface area contributed by atoms with Gasteiger partial charge in [-0.2, -0.15) is 0 Å². The lowest BCUT2D eigenvalue weighted by Gasteiger charge is -2.23. The van der Waals surface area contributed by atoms with Gasteiger partial charge in [-0.3, -0.25) is 4.79 Å². The third kappa shape index (κ3) is 2.93. The van der Waals surface area contributed by atoms with Crippen molar-refractivity contribution in [1.29, 1.82) is 0 Å². The summed E-state index contributed by atoms with van der Waals surface area (Å²) in [6.45, 7) is 3.22. The molecule has 1 saturated heterocycles. The lowest BCUT2D eigenvalue weighted by atomic mass is 9.81. The maximum absolute atomic E-state index is 12.9. The molecule has 0 saturated carbocycles. The number of fused-ring (bicyclic) bond motifs is 2. The van der Waals surface area contributed by atoms with E-state index < -0.39 is 5.41 Å². The molecule has 0 bridgehead atoms. The number of amides is 3. The topological polar surface area (TPSA) is 79.9 Å². The number of hydrogen-bond acceptors (Lipinski definition) is 4. The van der Waals surface area contributed by atoms with Crippen molar-refractivity contribution < 1.29 is 19.1 Å². The Balaban J connectivity index is 1.55. The average molecular weight is 381 g/mol. The molecule has 1 spiro atoms. The van der Waals surface area contributed by atoms with Crippen LogP contribution in [0.1, 0.15) is 18.9 Å².